The SMILES string of the molecule is CNc1nc(NC(C)CCN(C)C)c2cc(C)sc2n1. The molecule has 0 aliphatic rings. The summed E-state index contributed by atoms with van der Waals surface area (Å²) in [5.41, 5.74) is 0. The number of nitrogens with zero attached hydrogens (tertiary/aromatic N) is 3. The lowest BCUT2D eigenvalue weighted by molar-refractivity contribution is 0.390. The van der Waals surface area contributed by atoms with Crippen molar-refractivity contribution in [2.24, 2.45) is 0 Å². The van der Waals surface area contributed by atoms with E-state index < -0.39 is 0 Å². The Hall–Kier alpha value is -1.40. The lowest BCUT2D eigenvalue weighted by Gasteiger charge is -2.18. The number of hydrogen-bond acceptors (Lipinski definition) is 6. The van der Waals surface area contributed by atoms with Gasteiger partial charge in [-0.1, -0.05) is 0 Å². The van der Waals surface area contributed by atoms with E-state index in [-0.39, 0.29) is 0 Å². The Kier molecular flexibility index (Phi) is 4.77. The first-order chi connectivity index (χ1) is 9.49. The lowest BCUT2D eigenvalue weighted by atomic mass is 10.2. The molecule has 2 N–H and O–H groups in total. The van der Waals surface area contributed by atoms with Gasteiger partial charge in [0.15, 0.2) is 0 Å². The smallest absolute Gasteiger partial charge is 0.225 e. The number of hydrogen-bond donors (Lipinski definition) is 2. The van der Waals surface area contributed by atoms with Crippen LogP contribution in [-0.2, 0) is 0 Å². The fraction of sp³-hybridized carbons (Fsp3) is 0.571. The number of fused-ring (bicyclic) bond motifs is 1. The zero-order valence-electron chi connectivity index (χ0n) is 12.8. The highest BCUT2D eigenvalue weighted by atomic mass is 32.1. The van der Waals surface area contributed by atoms with Crippen LogP contribution in [0.1, 0.15) is 18.2 Å². The molecule has 0 amide bonds. The molecular weight excluding hydrogens is 270 g/mol. The van der Waals surface area contributed by atoms with E-state index in [0.717, 1.165) is 29.0 Å². The minimum absolute atomic E-state index is 0.375. The van der Waals surface area contributed by atoms with Crippen molar-refractivity contribution in [3.05, 3.63) is 10.9 Å². The van der Waals surface area contributed by atoms with Crippen LogP contribution in [0.3, 0.4) is 0 Å². The van der Waals surface area contributed by atoms with E-state index in [2.05, 4.69) is 59.5 Å². The maximum Gasteiger partial charge on any atom is 0.225 e. The first-order valence-corrected chi connectivity index (χ1v) is 7.68. The quantitative estimate of drug-likeness (QED) is 0.858. The predicted molar refractivity (Wildman–Crippen MR) is 88.0 cm³/mol. The van der Waals surface area contributed by atoms with E-state index in [4.69, 9.17) is 0 Å². The van der Waals surface area contributed by atoms with Crippen LogP contribution in [0, 0.1) is 6.92 Å². The Morgan fingerprint density at radius 3 is 2.75 bits per heavy atom. The molecule has 110 valence electrons. The molecule has 2 rings (SSSR count). The summed E-state index contributed by atoms with van der Waals surface area (Å²) in [4.78, 5) is 13.5. The van der Waals surface area contributed by atoms with E-state index in [1.807, 2.05) is 7.05 Å². The molecule has 0 bridgehead atoms. The molecule has 5 nitrogen and oxygen atoms in total. The van der Waals surface area contributed by atoms with Crippen LogP contribution in [0.4, 0.5) is 11.8 Å². The summed E-state index contributed by atoms with van der Waals surface area (Å²) in [6.45, 7) is 5.35. The maximum absolute atomic E-state index is 4.56. The van der Waals surface area contributed by atoms with Gasteiger partial charge in [-0.3, -0.25) is 0 Å². The van der Waals surface area contributed by atoms with Gasteiger partial charge in [-0.25, -0.2) is 4.98 Å². The molecule has 0 saturated carbocycles. The van der Waals surface area contributed by atoms with Gasteiger partial charge in [-0.15, -0.1) is 11.3 Å². The van der Waals surface area contributed by atoms with E-state index in [0.29, 0.717) is 12.0 Å². The molecule has 1 unspecified atom stereocenters. The molecule has 0 aromatic carbocycles. The average Bonchev–Trinajstić information content (AvgIpc) is 2.76. The molecule has 0 saturated heterocycles. The Morgan fingerprint density at radius 2 is 2.10 bits per heavy atom. The lowest BCUT2D eigenvalue weighted by Crippen LogP contribution is -2.23. The van der Waals surface area contributed by atoms with Crippen molar-refractivity contribution in [3.63, 3.8) is 0 Å². The fourth-order valence-electron chi connectivity index (χ4n) is 2.02. The van der Waals surface area contributed by atoms with Gasteiger partial charge in [0.05, 0.1) is 5.39 Å². The van der Waals surface area contributed by atoms with Gasteiger partial charge in [-0.2, -0.15) is 4.98 Å². The molecule has 2 aromatic rings. The zero-order valence-corrected chi connectivity index (χ0v) is 13.6. The van der Waals surface area contributed by atoms with Crippen molar-refractivity contribution in [1.29, 1.82) is 0 Å². The van der Waals surface area contributed by atoms with Crippen LogP contribution < -0.4 is 10.6 Å². The number of rotatable bonds is 6. The minimum Gasteiger partial charge on any atom is -0.367 e. The van der Waals surface area contributed by atoms with Gasteiger partial charge < -0.3 is 15.5 Å². The van der Waals surface area contributed by atoms with E-state index in [9.17, 15) is 0 Å². The summed E-state index contributed by atoms with van der Waals surface area (Å²) in [6.07, 6.45) is 1.08. The summed E-state index contributed by atoms with van der Waals surface area (Å²) in [6, 6.07) is 2.53. The highest BCUT2D eigenvalue weighted by Crippen LogP contribution is 2.29. The van der Waals surface area contributed by atoms with Gasteiger partial charge in [0.1, 0.15) is 10.6 Å². The Balaban J connectivity index is 2.23. The normalized spacial score (nSPS) is 12.9. The Labute approximate surface area is 124 Å². The van der Waals surface area contributed by atoms with Crippen LogP contribution >= 0.6 is 11.3 Å². The van der Waals surface area contributed by atoms with Gasteiger partial charge >= 0.3 is 0 Å². The van der Waals surface area contributed by atoms with E-state index in [1.165, 1.54) is 4.88 Å². The summed E-state index contributed by atoms with van der Waals surface area (Å²) in [7, 11) is 6.04. The number of nitrogens with one attached hydrogen (secondary N) is 2. The number of aromatic nitrogens is 2. The van der Waals surface area contributed by atoms with Crippen LogP contribution in [-0.4, -0.2) is 48.6 Å². The second-order valence-corrected chi connectivity index (χ2v) is 6.59. The van der Waals surface area contributed by atoms with Crippen LogP contribution in [0.5, 0.6) is 0 Å². The first kappa shape index (κ1) is 15.0. The molecule has 6 heteroatoms. The first-order valence-electron chi connectivity index (χ1n) is 6.86. The molecule has 2 aromatic heterocycles. The van der Waals surface area contributed by atoms with Crippen molar-refractivity contribution in [2.45, 2.75) is 26.3 Å². The van der Waals surface area contributed by atoms with Gasteiger partial charge in [-0.05, 0) is 47.0 Å². The minimum atomic E-state index is 0.375. The van der Waals surface area contributed by atoms with E-state index in [1.54, 1.807) is 11.3 Å². The molecule has 20 heavy (non-hydrogen) atoms. The number of anilines is 2. The molecule has 0 aliphatic heterocycles. The highest BCUT2D eigenvalue weighted by Gasteiger charge is 2.12. The number of aryl methyl sites for hydroxylation is 1. The summed E-state index contributed by atoms with van der Waals surface area (Å²) in [5.74, 6) is 1.59. The third kappa shape index (κ3) is 3.58. The molecular formula is C14H23N5S. The third-order valence-corrected chi connectivity index (χ3v) is 4.08. The molecule has 1 atom stereocenters. The standard InChI is InChI=1S/C14H23N5S/c1-9(6-7-19(4)5)16-12-11-8-10(2)20-13(11)18-14(15-3)17-12/h8-9H,6-7H2,1-5H3,(H2,15,16,17,18). The van der Waals surface area contributed by atoms with Crippen LogP contribution in [0.15, 0.2) is 6.07 Å². The third-order valence-electron chi connectivity index (χ3n) is 3.13. The van der Waals surface area contributed by atoms with Crippen molar-refractivity contribution in [2.75, 3.05) is 38.3 Å². The summed E-state index contributed by atoms with van der Waals surface area (Å²) < 4.78 is 0. The fourth-order valence-corrected chi connectivity index (χ4v) is 2.90. The zero-order chi connectivity index (χ0) is 14.7. The maximum atomic E-state index is 4.56. The van der Waals surface area contributed by atoms with Crippen LogP contribution in [0.2, 0.25) is 0 Å². The van der Waals surface area contributed by atoms with Gasteiger partial charge in [0.2, 0.25) is 5.95 Å². The monoisotopic (exact) mass is 293 g/mol. The van der Waals surface area contributed by atoms with Crippen molar-refractivity contribution in [1.82, 2.24) is 14.9 Å². The topological polar surface area (TPSA) is 53.1 Å². The summed E-state index contributed by atoms with van der Waals surface area (Å²) in [5, 5.41) is 7.66. The molecule has 0 spiro atoms. The molecule has 2 heterocycles. The van der Waals surface area contributed by atoms with Crippen molar-refractivity contribution < 1.29 is 0 Å². The second kappa shape index (κ2) is 6.37. The summed E-state index contributed by atoms with van der Waals surface area (Å²) >= 11 is 1.70. The second-order valence-electron chi connectivity index (χ2n) is 5.36. The Bertz CT molecular complexity index is 578. The Morgan fingerprint density at radius 1 is 1.35 bits per heavy atom. The molecule has 0 fully saturated rings. The highest BCUT2D eigenvalue weighted by molar-refractivity contribution is 7.18. The van der Waals surface area contributed by atoms with Gasteiger partial charge in [0, 0.05) is 18.0 Å². The largest absolute Gasteiger partial charge is 0.367 e. The van der Waals surface area contributed by atoms with Crippen molar-refractivity contribution >= 4 is 33.3 Å². The average molecular weight is 293 g/mol. The predicted octanol–water partition coefficient (Wildman–Crippen LogP) is 2.79. The van der Waals surface area contributed by atoms with Gasteiger partial charge in [0.25, 0.3) is 0 Å². The van der Waals surface area contributed by atoms with Crippen molar-refractivity contribution in [3.8, 4) is 0 Å². The van der Waals surface area contributed by atoms with Crippen LogP contribution in [0.25, 0.3) is 10.2 Å². The number of thiophene rings is 1. The molecule has 0 radical (unpaired) electrons. The van der Waals surface area contributed by atoms with E-state index >= 15 is 0 Å². The molecule has 0 aliphatic carbocycles.